The first-order valence-electron chi connectivity index (χ1n) is 6.42. The molecule has 0 aliphatic carbocycles. The first-order chi connectivity index (χ1) is 9.38. The summed E-state index contributed by atoms with van der Waals surface area (Å²) >= 11 is 0. The van der Waals surface area contributed by atoms with Gasteiger partial charge in [-0.15, -0.1) is 0 Å². The maximum absolute atomic E-state index is 11.4. The third kappa shape index (κ3) is 3.39. The number of anilines is 1. The summed E-state index contributed by atoms with van der Waals surface area (Å²) in [7, 11) is -3.14. The number of imidazole rings is 1. The fourth-order valence-corrected chi connectivity index (χ4v) is 2.58. The van der Waals surface area contributed by atoms with Gasteiger partial charge < -0.3 is 9.88 Å². The van der Waals surface area contributed by atoms with Crippen LogP contribution in [0.5, 0.6) is 0 Å². The zero-order chi connectivity index (χ0) is 14.8. The Morgan fingerprint density at radius 3 is 2.45 bits per heavy atom. The van der Waals surface area contributed by atoms with Crippen LogP contribution in [0.1, 0.15) is 25.6 Å². The van der Waals surface area contributed by atoms with Crippen molar-refractivity contribution in [1.82, 2.24) is 9.55 Å². The fourth-order valence-electron chi connectivity index (χ4n) is 1.95. The van der Waals surface area contributed by atoms with E-state index in [4.69, 9.17) is 0 Å². The van der Waals surface area contributed by atoms with Crippen LogP contribution in [0.25, 0.3) is 0 Å². The molecule has 1 N–H and O–H groups in total. The Morgan fingerprint density at radius 2 is 1.90 bits per heavy atom. The Hall–Kier alpha value is -1.82. The first-order valence-corrected chi connectivity index (χ1v) is 8.32. The highest BCUT2D eigenvalue weighted by atomic mass is 32.2. The summed E-state index contributed by atoms with van der Waals surface area (Å²) in [5.41, 5.74) is 1.97. The van der Waals surface area contributed by atoms with Gasteiger partial charge in [0.2, 0.25) is 0 Å². The molecule has 0 atom stereocenters. The Kier molecular flexibility index (Phi) is 4.13. The van der Waals surface area contributed by atoms with Crippen LogP contribution in [0.4, 0.5) is 5.69 Å². The summed E-state index contributed by atoms with van der Waals surface area (Å²) in [6, 6.07) is 7.12. The number of benzene rings is 1. The van der Waals surface area contributed by atoms with Gasteiger partial charge in [0.05, 0.1) is 23.5 Å². The molecule has 1 aromatic carbocycles. The lowest BCUT2D eigenvalue weighted by atomic mass is 10.3. The highest BCUT2D eigenvalue weighted by Gasteiger charge is 2.07. The number of sulfone groups is 1. The second kappa shape index (κ2) is 5.66. The van der Waals surface area contributed by atoms with E-state index in [1.807, 2.05) is 12.5 Å². The van der Waals surface area contributed by atoms with E-state index in [0.29, 0.717) is 17.5 Å². The molecule has 0 radical (unpaired) electrons. The van der Waals surface area contributed by atoms with Crippen LogP contribution < -0.4 is 5.32 Å². The molecule has 0 saturated heterocycles. The minimum absolute atomic E-state index is 0.329. The maximum atomic E-state index is 11.4. The molecule has 0 amide bonds. The monoisotopic (exact) mass is 293 g/mol. The summed E-state index contributed by atoms with van der Waals surface area (Å²) in [5.74, 6) is 0. The van der Waals surface area contributed by atoms with Crippen molar-refractivity contribution in [3.63, 3.8) is 0 Å². The Balaban J connectivity index is 2.06. The van der Waals surface area contributed by atoms with E-state index in [-0.39, 0.29) is 0 Å². The lowest BCUT2D eigenvalue weighted by Crippen LogP contribution is -2.08. The van der Waals surface area contributed by atoms with Crippen LogP contribution in [-0.2, 0) is 16.4 Å². The number of rotatable bonds is 5. The molecule has 2 aromatic rings. The van der Waals surface area contributed by atoms with Crippen LogP contribution in [0.15, 0.2) is 41.7 Å². The average molecular weight is 293 g/mol. The summed E-state index contributed by atoms with van der Waals surface area (Å²) < 4.78 is 24.8. The summed E-state index contributed by atoms with van der Waals surface area (Å²) in [6.45, 7) is 4.86. The highest BCUT2D eigenvalue weighted by molar-refractivity contribution is 7.90. The van der Waals surface area contributed by atoms with Gasteiger partial charge in [-0.05, 0) is 38.1 Å². The first kappa shape index (κ1) is 14.6. The van der Waals surface area contributed by atoms with E-state index >= 15 is 0 Å². The van der Waals surface area contributed by atoms with E-state index in [2.05, 4.69) is 28.7 Å². The minimum atomic E-state index is -3.14. The standard InChI is InChI=1S/C14H19N3O2S/c1-11(2)17-10-15-8-13(17)9-16-12-4-6-14(7-5-12)20(3,18)19/h4-8,10-11,16H,9H2,1-3H3. The number of aromatic nitrogens is 2. The third-order valence-corrected chi connectivity index (χ3v) is 4.19. The molecule has 5 nitrogen and oxygen atoms in total. The quantitative estimate of drug-likeness (QED) is 0.920. The van der Waals surface area contributed by atoms with Gasteiger partial charge in [0.15, 0.2) is 9.84 Å². The SMILES string of the molecule is CC(C)n1cncc1CNc1ccc(S(C)(=O)=O)cc1. The van der Waals surface area contributed by atoms with Gasteiger partial charge in [0.1, 0.15) is 0 Å². The normalized spacial score (nSPS) is 11.8. The predicted octanol–water partition coefficient (Wildman–Crippen LogP) is 2.48. The lowest BCUT2D eigenvalue weighted by molar-refractivity contribution is 0.577. The molecule has 2 rings (SSSR count). The van der Waals surface area contributed by atoms with Gasteiger partial charge in [-0.1, -0.05) is 0 Å². The van der Waals surface area contributed by atoms with E-state index in [0.717, 1.165) is 11.4 Å². The van der Waals surface area contributed by atoms with Crippen molar-refractivity contribution in [1.29, 1.82) is 0 Å². The molecule has 0 unspecified atom stereocenters. The molecule has 6 heteroatoms. The van der Waals surface area contributed by atoms with E-state index in [9.17, 15) is 8.42 Å². The minimum Gasteiger partial charge on any atom is -0.379 e. The Bertz CT molecular complexity index is 673. The van der Waals surface area contributed by atoms with Gasteiger partial charge in [0.25, 0.3) is 0 Å². The Morgan fingerprint density at radius 1 is 1.25 bits per heavy atom. The van der Waals surface area contributed by atoms with E-state index < -0.39 is 9.84 Å². The second-order valence-electron chi connectivity index (χ2n) is 5.04. The van der Waals surface area contributed by atoms with Crippen molar-refractivity contribution in [3.8, 4) is 0 Å². The smallest absolute Gasteiger partial charge is 0.175 e. The summed E-state index contributed by atoms with van der Waals surface area (Å²) in [6.07, 6.45) is 4.85. The van der Waals surface area contributed by atoms with Crippen molar-refractivity contribution in [2.45, 2.75) is 31.3 Å². The van der Waals surface area contributed by atoms with Crippen molar-refractivity contribution < 1.29 is 8.42 Å². The molecule has 1 aromatic heterocycles. The van der Waals surface area contributed by atoms with Crippen LogP contribution in [0.2, 0.25) is 0 Å². The highest BCUT2D eigenvalue weighted by Crippen LogP contribution is 2.15. The summed E-state index contributed by atoms with van der Waals surface area (Å²) in [4.78, 5) is 4.47. The van der Waals surface area contributed by atoms with Crippen molar-refractivity contribution in [2.75, 3.05) is 11.6 Å². The molecule has 0 bridgehead atoms. The van der Waals surface area contributed by atoms with Gasteiger partial charge in [-0.25, -0.2) is 13.4 Å². The number of nitrogens with zero attached hydrogens (tertiary/aromatic N) is 2. The van der Waals surface area contributed by atoms with Gasteiger partial charge in [0, 0.05) is 24.2 Å². The Labute approximate surface area is 119 Å². The number of hydrogen-bond donors (Lipinski definition) is 1. The molecular weight excluding hydrogens is 274 g/mol. The zero-order valence-corrected chi connectivity index (χ0v) is 12.7. The van der Waals surface area contributed by atoms with Crippen molar-refractivity contribution >= 4 is 15.5 Å². The maximum Gasteiger partial charge on any atom is 0.175 e. The van der Waals surface area contributed by atoms with Crippen LogP contribution in [0.3, 0.4) is 0 Å². The topological polar surface area (TPSA) is 64.0 Å². The van der Waals surface area contributed by atoms with E-state index in [1.54, 1.807) is 24.3 Å². The molecular formula is C14H19N3O2S. The number of hydrogen-bond acceptors (Lipinski definition) is 4. The van der Waals surface area contributed by atoms with E-state index in [1.165, 1.54) is 6.26 Å². The van der Waals surface area contributed by atoms with Crippen molar-refractivity contribution in [2.24, 2.45) is 0 Å². The largest absolute Gasteiger partial charge is 0.379 e. The molecule has 0 aliphatic heterocycles. The summed E-state index contributed by atoms with van der Waals surface area (Å²) in [5, 5.41) is 3.27. The van der Waals surface area contributed by atoms with Crippen molar-refractivity contribution in [3.05, 3.63) is 42.5 Å². The molecule has 0 saturated carbocycles. The second-order valence-corrected chi connectivity index (χ2v) is 7.05. The lowest BCUT2D eigenvalue weighted by Gasteiger charge is -2.13. The van der Waals surface area contributed by atoms with Gasteiger partial charge >= 0.3 is 0 Å². The fraction of sp³-hybridized carbons (Fsp3) is 0.357. The molecule has 20 heavy (non-hydrogen) atoms. The average Bonchev–Trinajstić information content (AvgIpc) is 2.84. The van der Waals surface area contributed by atoms with Crippen LogP contribution in [0, 0.1) is 0 Å². The van der Waals surface area contributed by atoms with Crippen LogP contribution in [-0.4, -0.2) is 24.2 Å². The molecule has 0 spiro atoms. The predicted molar refractivity (Wildman–Crippen MR) is 79.5 cm³/mol. The molecule has 0 fully saturated rings. The van der Waals surface area contributed by atoms with Gasteiger partial charge in [-0.2, -0.15) is 0 Å². The third-order valence-electron chi connectivity index (χ3n) is 3.06. The number of nitrogens with one attached hydrogen (secondary N) is 1. The zero-order valence-electron chi connectivity index (χ0n) is 11.9. The van der Waals surface area contributed by atoms with Gasteiger partial charge in [-0.3, -0.25) is 0 Å². The molecule has 108 valence electrons. The molecule has 0 aliphatic rings. The molecule has 1 heterocycles. The van der Waals surface area contributed by atoms with Crippen LogP contribution >= 0.6 is 0 Å².